The number of nitrogens with zero attached hydrogens (tertiary/aromatic N) is 1. The minimum Gasteiger partial charge on any atom is -0.317 e. The lowest BCUT2D eigenvalue weighted by atomic mass is 10.3. The van der Waals surface area contributed by atoms with E-state index in [-0.39, 0.29) is 0 Å². The van der Waals surface area contributed by atoms with Crippen LogP contribution >= 0.6 is 0 Å². The zero-order chi connectivity index (χ0) is 8.23. The van der Waals surface area contributed by atoms with Crippen LogP contribution < -0.4 is 16.2 Å². The van der Waals surface area contributed by atoms with Crippen molar-refractivity contribution in [3.63, 3.8) is 0 Å². The van der Waals surface area contributed by atoms with Crippen LogP contribution in [0.4, 0.5) is 5.69 Å². The Bertz CT molecular complexity index is 214. The number of nitrogens with one attached hydrogen (secondary N) is 4. The molecule has 0 spiro atoms. The summed E-state index contributed by atoms with van der Waals surface area (Å²) >= 11 is 0. The Morgan fingerprint density at radius 1 is 1.58 bits per heavy atom. The third kappa shape index (κ3) is 1.75. The van der Waals surface area contributed by atoms with Crippen LogP contribution in [0.1, 0.15) is 12.8 Å². The highest BCUT2D eigenvalue weighted by Crippen LogP contribution is 2.03. The third-order valence-corrected chi connectivity index (χ3v) is 1.95. The first-order valence-corrected chi connectivity index (χ1v) is 4.19. The van der Waals surface area contributed by atoms with Crippen LogP contribution in [0.15, 0.2) is 12.4 Å². The number of H-pyrrole nitrogens is 1. The SMILES string of the molecule is c1n[nH]cc1NNC1CCCN1. The molecule has 66 valence electrons. The summed E-state index contributed by atoms with van der Waals surface area (Å²) in [7, 11) is 0. The molecule has 1 unspecified atom stereocenters. The molecule has 1 atom stereocenters. The van der Waals surface area contributed by atoms with Crippen LogP contribution in [0, 0.1) is 0 Å². The maximum Gasteiger partial charge on any atom is 0.0868 e. The maximum absolute atomic E-state index is 3.82. The number of hydrogen-bond acceptors (Lipinski definition) is 4. The van der Waals surface area contributed by atoms with Crippen molar-refractivity contribution in [2.24, 2.45) is 0 Å². The van der Waals surface area contributed by atoms with Crippen molar-refractivity contribution >= 4 is 5.69 Å². The molecule has 5 heteroatoms. The Labute approximate surface area is 70.9 Å². The second-order valence-corrected chi connectivity index (χ2v) is 2.91. The predicted octanol–water partition coefficient (Wildman–Crippen LogP) is 0.0357. The first kappa shape index (κ1) is 7.57. The van der Waals surface area contributed by atoms with Crippen LogP contribution in [0.2, 0.25) is 0 Å². The normalized spacial score (nSPS) is 22.8. The van der Waals surface area contributed by atoms with Gasteiger partial charge in [-0.05, 0) is 19.4 Å². The number of hydrazine groups is 1. The molecular weight excluding hydrogens is 154 g/mol. The Kier molecular flexibility index (Phi) is 2.24. The molecule has 12 heavy (non-hydrogen) atoms. The summed E-state index contributed by atoms with van der Waals surface area (Å²) in [6.45, 7) is 1.10. The van der Waals surface area contributed by atoms with E-state index in [1.807, 2.05) is 6.20 Å². The summed E-state index contributed by atoms with van der Waals surface area (Å²) in [5, 5.41) is 9.87. The van der Waals surface area contributed by atoms with Gasteiger partial charge in [-0.2, -0.15) is 5.10 Å². The van der Waals surface area contributed by atoms with Crippen molar-refractivity contribution in [2.75, 3.05) is 12.0 Å². The zero-order valence-corrected chi connectivity index (χ0v) is 6.80. The molecule has 1 aromatic heterocycles. The number of aromatic amines is 1. The lowest BCUT2D eigenvalue weighted by Crippen LogP contribution is -2.40. The van der Waals surface area contributed by atoms with Gasteiger partial charge < -0.3 is 10.7 Å². The van der Waals surface area contributed by atoms with E-state index in [1.54, 1.807) is 6.20 Å². The van der Waals surface area contributed by atoms with Gasteiger partial charge in [-0.1, -0.05) is 0 Å². The van der Waals surface area contributed by atoms with Crippen molar-refractivity contribution in [1.29, 1.82) is 0 Å². The zero-order valence-electron chi connectivity index (χ0n) is 6.80. The summed E-state index contributed by atoms with van der Waals surface area (Å²) in [6, 6.07) is 0. The fourth-order valence-corrected chi connectivity index (χ4v) is 1.30. The standard InChI is InChI=1S/C7H13N5/c1-2-7(8-3-1)12-11-6-4-9-10-5-6/h4-5,7-8,11-12H,1-3H2,(H,9,10). The summed E-state index contributed by atoms with van der Waals surface area (Å²) < 4.78 is 0. The molecule has 1 aliphatic rings. The molecule has 4 N–H and O–H groups in total. The number of hydrogen-bond donors (Lipinski definition) is 4. The average molecular weight is 167 g/mol. The molecule has 0 aliphatic carbocycles. The Hall–Kier alpha value is -1.07. The second-order valence-electron chi connectivity index (χ2n) is 2.91. The van der Waals surface area contributed by atoms with Gasteiger partial charge in [0.25, 0.3) is 0 Å². The van der Waals surface area contributed by atoms with Gasteiger partial charge >= 0.3 is 0 Å². The molecule has 0 amide bonds. The highest BCUT2D eigenvalue weighted by Gasteiger charge is 2.12. The van der Waals surface area contributed by atoms with E-state index >= 15 is 0 Å². The molecule has 1 fully saturated rings. The van der Waals surface area contributed by atoms with Crippen molar-refractivity contribution < 1.29 is 0 Å². The molecule has 1 aromatic rings. The summed E-state index contributed by atoms with van der Waals surface area (Å²) in [5.41, 5.74) is 7.18. The van der Waals surface area contributed by atoms with Crippen LogP contribution in [0.3, 0.4) is 0 Å². The maximum atomic E-state index is 3.82. The van der Waals surface area contributed by atoms with Gasteiger partial charge in [0, 0.05) is 6.20 Å². The molecule has 2 heterocycles. The minimum atomic E-state index is 0.389. The van der Waals surface area contributed by atoms with Gasteiger partial charge in [0.15, 0.2) is 0 Å². The van der Waals surface area contributed by atoms with Crippen molar-refractivity contribution in [3.8, 4) is 0 Å². The summed E-state index contributed by atoms with van der Waals surface area (Å²) in [4.78, 5) is 0. The molecular formula is C7H13N5. The molecule has 5 nitrogen and oxygen atoms in total. The van der Waals surface area contributed by atoms with Crippen molar-refractivity contribution in [3.05, 3.63) is 12.4 Å². The molecule has 0 saturated carbocycles. The average Bonchev–Trinajstić information content (AvgIpc) is 2.74. The van der Waals surface area contributed by atoms with Crippen LogP contribution in [-0.2, 0) is 0 Å². The minimum absolute atomic E-state index is 0.389. The fourth-order valence-electron chi connectivity index (χ4n) is 1.30. The van der Waals surface area contributed by atoms with Gasteiger partial charge in [0.1, 0.15) is 0 Å². The largest absolute Gasteiger partial charge is 0.317 e. The monoisotopic (exact) mass is 167 g/mol. The van der Waals surface area contributed by atoms with Gasteiger partial charge in [0.2, 0.25) is 0 Å². The van der Waals surface area contributed by atoms with Gasteiger partial charge in [-0.3, -0.25) is 5.10 Å². The van der Waals surface area contributed by atoms with E-state index < -0.39 is 0 Å². The van der Waals surface area contributed by atoms with Crippen LogP contribution in [0.5, 0.6) is 0 Å². The lowest BCUT2D eigenvalue weighted by molar-refractivity contribution is 0.526. The van der Waals surface area contributed by atoms with Gasteiger partial charge in [0.05, 0.1) is 18.1 Å². The number of rotatable bonds is 3. The molecule has 0 aromatic carbocycles. The van der Waals surface area contributed by atoms with E-state index in [0.717, 1.165) is 12.2 Å². The lowest BCUT2D eigenvalue weighted by Gasteiger charge is -2.12. The van der Waals surface area contributed by atoms with E-state index in [9.17, 15) is 0 Å². The van der Waals surface area contributed by atoms with E-state index in [1.165, 1.54) is 12.8 Å². The Morgan fingerprint density at radius 3 is 3.25 bits per heavy atom. The highest BCUT2D eigenvalue weighted by molar-refractivity contribution is 5.35. The Balaban J connectivity index is 1.74. The van der Waals surface area contributed by atoms with Crippen LogP contribution in [-0.4, -0.2) is 22.9 Å². The van der Waals surface area contributed by atoms with Crippen molar-refractivity contribution in [2.45, 2.75) is 19.0 Å². The molecule has 2 rings (SSSR count). The number of anilines is 1. The first-order valence-electron chi connectivity index (χ1n) is 4.19. The Morgan fingerprint density at radius 2 is 2.58 bits per heavy atom. The molecule has 1 saturated heterocycles. The van der Waals surface area contributed by atoms with E-state index in [2.05, 4.69) is 26.4 Å². The number of aromatic nitrogens is 2. The molecule has 1 aliphatic heterocycles. The van der Waals surface area contributed by atoms with Gasteiger partial charge in [-0.25, -0.2) is 5.43 Å². The first-order chi connectivity index (χ1) is 5.95. The fraction of sp³-hybridized carbons (Fsp3) is 0.571. The topological polar surface area (TPSA) is 64.8 Å². The second kappa shape index (κ2) is 3.55. The third-order valence-electron chi connectivity index (χ3n) is 1.95. The highest BCUT2D eigenvalue weighted by atomic mass is 15.4. The van der Waals surface area contributed by atoms with E-state index in [4.69, 9.17) is 0 Å². The van der Waals surface area contributed by atoms with Crippen LogP contribution in [0.25, 0.3) is 0 Å². The molecule has 0 bridgehead atoms. The van der Waals surface area contributed by atoms with Crippen molar-refractivity contribution in [1.82, 2.24) is 20.9 Å². The predicted molar refractivity (Wildman–Crippen MR) is 46.4 cm³/mol. The smallest absolute Gasteiger partial charge is 0.0868 e. The summed E-state index contributed by atoms with van der Waals surface area (Å²) in [6.07, 6.45) is 6.35. The van der Waals surface area contributed by atoms with Gasteiger partial charge in [-0.15, -0.1) is 0 Å². The molecule has 0 radical (unpaired) electrons. The summed E-state index contributed by atoms with van der Waals surface area (Å²) in [5.74, 6) is 0. The van der Waals surface area contributed by atoms with E-state index in [0.29, 0.717) is 6.17 Å². The quantitative estimate of drug-likeness (QED) is 0.480.